The van der Waals surface area contributed by atoms with Gasteiger partial charge in [-0.3, -0.25) is 4.90 Å². The summed E-state index contributed by atoms with van der Waals surface area (Å²) in [4.78, 5) is 2.08. The number of hydrogen-bond acceptors (Lipinski definition) is 4. The number of likely N-dealkylation sites (tertiary alicyclic amines) is 1. The number of hydrogen-bond donors (Lipinski definition) is 2. The molecule has 0 bridgehead atoms. The van der Waals surface area contributed by atoms with Crippen LogP contribution in [0.3, 0.4) is 0 Å². The maximum Gasteiger partial charge on any atom is 0.279 e. The van der Waals surface area contributed by atoms with Gasteiger partial charge in [0.1, 0.15) is 5.75 Å². The van der Waals surface area contributed by atoms with Crippen molar-refractivity contribution in [3.8, 4) is 5.75 Å². The van der Waals surface area contributed by atoms with E-state index in [-0.39, 0.29) is 30.7 Å². The smallest absolute Gasteiger partial charge is 0.279 e. The highest BCUT2D eigenvalue weighted by Gasteiger charge is 2.40. The molecule has 0 aromatic heterocycles. The second-order valence-corrected chi connectivity index (χ2v) is 8.74. The number of nitrogens with zero attached hydrogens (tertiary/aromatic N) is 2. The van der Waals surface area contributed by atoms with E-state index in [2.05, 4.69) is 9.62 Å². The molecule has 1 aliphatic heterocycles. The average molecular weight is 406 g/mol. The third kappa shape index (κ3) is 4.31. The van der Waals surface area contributed by atoms with E-state index in [1.807, 2.05) is 13.0 Å². The molecule has 2 N–H and O–H groups in total. The van der Waals surface area contributed by atoms with Crippen LogP contribution in [0.2, 0.25) is 0 Å². The van der Waals surface area contributed by atoms with Crippen LogP contribution < -0.4 is 4.72 Å². The Morgan fingerprint density at radius 1 is 1.37 bits per heavy atom. The van der Waals surface area contributed by atoms with Crippen molar-refractivity contribution in [1.29, 1.82) is 0 Å². The summed E-state index contributed by atoms with van der Waals surface area (Å²) < 4.78 is 105. The van der Waals surface area contributed by atoms with Crippen LogP contribution in [-0.2, 0) is 23.1 Å². The minimum Gasteiger partial charge on any atom is -0.508 e. The Labute approximate surface area is 177 Å². The maximum atomic E-state index is 13.4. The Balaban J connectivity index is 1.98. The third-order valence-electron chi connectivity index (χ3n) is 5.47. The van der Waals surface area contributed by atoms with Crippen LogP contribution in [0.15, 0.2) is 18.2 Å². The zero-order chi connectivity index (χ0) is 28.2. The first kappa shape index (κ1) is 11.1. The van der Waals surface area contributed by atoms with Crippen molar-refractivity contribution in [2.24, 2.45) is 5.92 Å². The number of fused-ring (bicyclic) bond motifs is 2. The monoisotopic (exact) mass is 405 g/mol. The van der Waals surface area contributed by atoms with Gasteiger partial charge in [-0.1, -0.05) is 32.8 Å². The molecule has 3 rings (SSSR count). The summed E-state index contributed by atoms with van der Waals surface area (Å²) in [7, 11) is -5.31. The van der Waals surface area contributed by atoms with Gasteiger partial charge in [0.05, 0.1) is 0 Å². The van der Waals surface area contributed by atoms with Gasteiger partial charge in [0.15, 0.2) is 0 Å². The Hall–Kier alpha value is -1.15. The second kappa shape index (κ2) is 8.47. The molecule has 3 atom stereocenters. The zero-order valence-corrected chi connectivity index (χ0v) is 16.1. The van der Waals surface area contributed by atoms with E-state index in [1.165, 1.54) is 0 Å². The molecule has 1 aliphatic carbocycles. The fraction of sp³-hybridized carbons (Fsp3) is 0.700. The lowest BCUT2D eigenvalue weighted by Crippen LogP contribution is -2.59. The van der Waals surface area contributed by atoms with E-state index in [9.17, 15) is 13.5 Å². The third-order valence-corrected chi connectivity index (χ3v) is 6.76. The normalized spacial score (nSPS) is 33.5. The van der Waals surface area contributed by atoms with E-state index in [0.29, 0.717) is 19.4 Å². The van der Waals surface area contributed by atoms with Crippen LogP contribution in [0.1, 0.15) is 58.3 Å². The molecule has 27 heavy (non-hydrogen) atoms. The standard InChI is InChI=1S/C20H33N3O3S/c1-4-10-22-14-17(21-27(25,26)23(5-2)6-3)11-16-12-18-15(13-19(16)22)8-7-9-20(18)24/h7-9,16-17,19,21,24H,4-6,10-14H2,1-3H3/t16-,17+,19-/m0/s1/i2D3,3D3,5D2,6D2. The molecule has 7 heteroatoms. The predicted molar refractivity (Wildman–Crippen MR) is 108 cm³/mol. The van der Waals surface area contributed by atoms with Gasteiger partial charge in [-0.25, -0.2) is 0 Å². The molecule has 0 saturated carbocycles. The summed E-state index contributed by atoms with van der Waals surface area (Å²) in [5.74, 6) is 0.0321. The van der Waals surface area contributed by atoms with Gasteiger partial charge in [0.2, 0.25) is 0 Å². The molecule has 0 spiro atoms. The minimum absolute atomic E-state index is 0.0498. The fourth-order valence-corrected chi connectivity index (χ4v) is 5.34. The number of phenols is 1. The molecule has 2 aliphatic rings. The van der Waals surface area contributed by atoms with Gasteiger partial charge >= 0.3 is 0 Å². The summed E-state index contributed by atoms with van der Waals surface area (Å²) in [5.41, 5.74) is 1.77. The number of nitrogens with one attached hydrogen (secondary N) is 1. The molecule has 1 aromatic rings. The van der Waals surface area contributed by atoms with E-state index in [4.69, 9.17) is 13.7 Å². The fourth-order valence-electron chi connectivity index (χ4n) is 4.41. The van der Waals surface area contributed by atoms with Crippen molar-refractivity contribution < 1.29 is 27.2 Å². The lowest BCUT2D eigenvalue weighted by Gasteiger charge is -2.47. The van der Waals surface area contributed by atoms with Gasteiger partial charge in [-0.15, -0.1) is 0 Å². The van der Waals surface area contributed by atoms with E-state index in [0.717, 1.165) is 17.5 Å². The van der Waals surface area contributed by atoms with Crippen molar-refractivity contribution in [2.45, 2.75) is 58.4 Å². The van der Waals surface area contributed by atoms with Crippen LogP contribution >= 0.6 is 0 Å². The molecule has 0 radical (unpaired) electrons. The summed E-state index contributed by atoms with van der Waals surface area (Å²) in [6.07, 6.45) is 2.11. The maximum absolute atomic E-state index is 13.4. The molecule has 0 amide bonds. The van der Waals surface area contributed by atoms with Crippen LogP contribution in [0, 0.1) is 5.92 Å². The quantitative estimate of drug-likeness (QED) is 0.729. The van der Waals surface area contributed by atoms with Gasteiger partial charge < -0.3 is 5.11 Å². The van der Waals surface area contributed by atoms with Crippen LogP contribution in [0.25, 0.3) is 0 Å². The van der Waals surface area contributed by atoms with Crippen LogP contribution in [0.5, 0.6) is 5.75 Å². The van der Waals surface area contributed by atoms with Crippen LogP contribution in [-0.4, -0.2) is 60.9 Å². The van der Waals surface area contributed by atoms with Crippen molar-refractivity contribution in [2.75, 3.05) is 26.1 Å². The molecule has 1 aromatic carbocycles. The number of phenolic OH excluding ortho intramolecular Hbond substituents is 1. The number of piperidine rings is 1. The highest BCUT2D eigenvalue weighted by Crippen LogP contribution is 2.38. The van der Waals surface area contributed by atoms with E-state index >= 15 is 0 Å². The zero-order valence-electron chi connectivity index (χ0n) is 25.3. The topological polar surface area (TPSA) is 72.9 Å². The Morgan fingerprint density at radius 3 is 2.85 bits per heavy atom. The summed E-state index contributed by atoms with van der Waals surface area (Å²) in [6, 6.07) is 4.46. The molecular formula is C20H33N3O3S. The first-order chi connectivity index (χ1) is 16.7. The van der Waals surface area contributed by atoms with Crippen molar-refractivity contribution >= 4 is 10.2 Å². The van der Waals surface area contributed by atoms with Crippen LogP contribution in [0.4, 0.5) is 0 Å². The van der Waals surface area contributed by atoms with Crippen molar-refractivity contribution in [3.63, 3.8) is 0 Å². The molecule has 152 valence electrons. The summed E-state index contributed by atoms with van der Waals surface area (Å²) in [6.45, 7) is -12.3. The second-order valence-electron chi connectivity index (χ2n) is 7.19. The average Bonchev–Trinajstić information content (AvgIpc) is 2.70. The molecule has 1 saturated heterocycles. The Bertz CT molecular complexity index is 1070. The first-order valence-electron chi connectivity index (χ1n) is 14.1. The van der Waals surface area contributed by atoms with Gasteiger partial charge in [0.25, 0.3) is 10.2 Å². The molecule has 1 fully saturated rings. The highest BCUT2D eigenvalue weighted by molar-refractivity contribution is 7.87. The van der Waals surface area contributed by atoms with Crippen molar-refractivity contribution in [3.05, 3.63) is 29.3 Å². The Morgan fingerprint density at radius 2 is 2.15 bits per heavy atom. The Kier molecular flexibility index (Phi) is 3.50. The highest BCUT2D eigenvalue weighted by atomic mass is 32.2. The number of rotatable bonds is 7. The summed E-state index contributed by atoms with van der Waals surface area (Å²) in [5, 5.41) is 10.4. The van der Waals surface area contributed by atoms with E-state index in [1.54, 1.807) is 12.1 Å². The molecule has 1 heterocycles. The molecular weight excluding hydrogens is 362 g/mol. The first-order valence-corrected chi connectivity index (χ1v) is 10.5. The molecule has 0 unspecified atom stereocenters. The SMILES string of the molecule is [2H]C([2H])([2H])C([2H])([2H])N(C([2H])([2H])C([2H])([2H])[2H])S(=O)(=O)N[C@@H]1C[C@H]2Cc3c(O)cccc3C[C@@H]2N(CCC)C1. The lowest BCUT2D eigenvalue weighted by molar-refractivity contribution is 0.0679. The predicted octanol–water partition coefficient (Wildman–Crippen LogP) is 2.14. The largest absolute Gasteiger partial charge is 0.508 e. The van der Waals surface area contributed by atoms with Gasteiger partial charge in [-0.2, -0.15) is 17.4 Å². The summed E-state index contributed by atoms with van der Waals surface area (Å²) >= 11 is 0. The number of aromatic hydroxyl groups is 1. The van der Waals surface area contributed by atoms with E-state index < -0.39 is 47.3 Å². The van der Waals surface area contributed by atoms with Crippen molar-refractivity contribution in [1.82, 2.24) is 13.9 Å². The number of benzene rings is 1. The minimum atomic E-state index is -5.31. The lowest BCUT2D eigenvalue weighted by atomic mass is 9.74. The van der Waals surface area contributed by atoms with Gasteiger partial charge in [-0.05, 0) is 55.3 Å². The van der Waals surface area contributed by atoms with Gasteiger partial charge in [0, 0.05) is 45.3 Å². The molecule has 6 nitrogen and oxygen atoms in total.